The van der Waals surface area contributed by atoms with Crippen LogP contribution in [0.25, 0.3) is 0 Å². The summed E-state index contributed by atoms with van der Waals surface area (Å²) >= 11 is 0. The fourth-order valence-corrected chi connectivity index (χ4v) is 4.68. The molecule has 1 aliphatic carbocycles. The second kappa shape index (κ2) is 4.62. The van der Waals surface area contributed by atoms with Crippen molar-refractivity contribution in [2.75, 3.05) is 12.9 Å². The van der Waals surface area contributed by atoms with Gasteiger partial charge in [-0.3, -0.25) is 0 Å². The maximum atomic E-state index is 11.8. The highest BCUT2D eigenvalue weighted by Crippen LogP contribution is 2.62. The molecular formula is C14H17NO3S. The number of rotatable bonds is 4. The minimum absolute atomic E-state index is 0.427. The minimum Gasteiger partial charge on any atom is -0.395 e. The number of hydrogen-bond donors (Lipinski definition) is 1. The molecule has 1 N–H and O–H groups in total. The number of aliphatic hydroxyl groups is 1. The molecule has 1 fully saturated rings. The van der Waals surface area contributed by atoms with E-state index in [0.717, 1.165) is 23.8 Å². The van der Waals surface area contributed by atoms with Crippen molar-refractivity contribution in [1.82, 2.24) is 0 Å². The van der Waals surface area contributed by atoms with Crippen LogP contribution in [0.3, 0.4) is 0 Å². The number of nitrogens with zero attached hydrogens (tertiary/aromatic N) is 1. The molecular weight excluding hydrogens is 262 g/mol. The van der Waals surface area contributed by atoms with E-state index in [1.165, 1.54) is 0 Å². The molecule has 3 atom stereocenters. The Kier molecular flexibility index (Phi) is 3.41. The van der Waals surface area contributed by atoms with Crippen LogP contribution in [-0.4, -0.2) is 31.6 Å². The molecule has 1 aromatic rings. The zero-order valence-electron chi connectivity index (χ0n) is 11.0. The Morgan fingerprint density at radius 1 is 1.37 bits per heavy atom. The molecule has 4 nitrogen and oxygen atoms in total. The molecule has 0 radical (unpaired) electrons. The summed E-state index contributed by atoms with van der Waals surface area (Å²) in [5.41, 5.74) is 0.788. The molecule has 102 valence electrons. The molecule has 0 amide bonds. The Morgan fingerprint density at radius 3 is 2.26 bits per heavy atom. The molecule has 1 saturated carbocycles. The minimum atomic E-state index is -3.36. The average Bonchev–Trinajstić information content (AvgIpc) is 3.09. The van der Waals surface area contributed by atoms with Crippen LogP contribution in [0.4, 0.5) is 0 Å². The largest absolute Gasteiger partial charge is 0.395 e. The summed E-state index contributed by atoms with van der Waals surface area (Å²) in [5, 5.41) is 17.9. The van der Waals surface area contributed by atoms with Gasteiger partial charge < -0.3 is 5.11 Å². The van der Waals surface area contributed by atoms with Crippen molar-refractivity contribution >= 4 is 9.84 Å². The monoisotopic (exact) mass is 279 g/mol. The number of nitriles is 1. The van der Waals surface area contributed by atoms with Crippen LogP contribution in [0, 0.1) is 16.7 Å². The van der Waals surface area contributed by atoms with Crippen LogP contribution >= 0.6 is 0 Å². The number of aliphatic hydroxyl groups excluding tert-OH is 1. The lowest BCUT2D eigenvalue weighted by molar-refractivity contribution is 0.242. The van der Waals surface area contributed by atoms with Crippen molar-refractivity contribution in [3.05, 3.63) is 35.4 Å². The lowest BCUT2D eigenvalue weighted by Gasteiger charge is -2.04. The summed E-state index contributed by atoms with van der Waals surface area (Å²) < 4.78 is 23.5. The van der Waals surface area contributed by atoms with Crippen LogP contribution in [0.5, 0.6) is 0 Å². The molecule has 19 heavy (non-hydrogen) atoms. The Morgan fingerprint density at radius 2 is 1.95 bits per heavy atom. The summed E-state index contributed by atoms with van der Waals surface area (Å²) in [7, 11) is -3.36. The average molecular weight is 279 g/mol. The predicted molar refractivity (Wildman–Crippen MR) is 72.3 cm³/mol. The quantitative estimate of drug-likeness (QED) is 0.900. The first-order chi connectivity index (χ1) is 8.90. The van der Waals surface area contributed by atoms with Gasteiger partial charge in [0.1, 0.15) is 5.41 Å². The first kappa shape index (κ1) is 14.0. The van der Waals surface area contributed by atoms with Gasteiger partial charge in [-0.2, -0.15) is 5.26 Å². The molecule has 0 bridgehead atoms. The second-order valence-corrected chi connectivity index (χ2v) is 7.30. The normalized spacial score (nSPS) is 29.8. The predicted octanol–water partition coefficient (Wildman–Crippen LogP) is 1.26. The van der Waals surface area contributed by atoms with Crippen molar-refractivity contribution in [3.8, 4) is 6.07 Å². The van der Waals surface area contributed by atoms with E-state index < -0.39 is 33.0 Å². The zero-order valence-corrected chi connectivity index (χ0v) is 11.8. The van der Waals surface area contributed by atoms with E-state index in [-0.39, 0.29) is 0 Å². The Bertz CT molecular complexity index is 615. The number of benzene rings is 1. The van der Waals surface area contributed by atoms with Gasteiger partial charge in [0.25, 0.3) is 0 Å². The first-order valence-corrected chi connectivity index (χ1v) is 8.16. The number of hydrogen-bond acceptors (Lipinski definition) is 4. The van der Waals surface area contributed by atoms with Gasteiger partial charge in [-0.05, 0) is 17.5 Å². The highest BCUT2D eigenvalue weighted by molar-refractivity contribution is 7.91. The molecule has 1 aromatic carbocycles. The molecule has 5 heteroatoms. The van der Waals surface area contributed by atoms with E-state index in [2.05, 4.69) is 0 Å². The molecule has 1 aliphatic rings. The first-order valence-electron chi connectivity index (χ1n) is 6.20. The second-order valence-electron chi connectivity index (χ2n) is 5.13. The van der Waals surface area contributed by atoms with E-state index in [0.29, 0.717) is 0 Å². The maximum absolute atomic E-state index is 11.8. The number of aryl methyl sites for hydroxylation is 1. The van der Waals surface area contributed by atoms with E-state index in [9.17, 15) is 18.8 Å². The number of sulfone groups is 1. The van der Waals surface area contributed by atoms with E-state index >= 15 is 0 Å². The Hall–Kier alpha value is -1.38. The smallest absolute Gasteiger partial charge is 0.152 e. The molecule has 0 aliphatic heterocycles. The van der Waals surface area contributed by atoms with E-state index in [1.54, 1.807) is 0 Å². The fourth-order valence-electron chi connectivity index (χ4n) is 2.82. The van der Waals surface area contributed by atoms with Crippen LogP contribution in [0.15, 0.2) is 24.3 Å². The third kappa shape index (κ3) is 2.15. The molecule has 0 heterocycles. The molecule has 2 rings (SSSR count). The van der Waals surface area contributed by atoms with Crippen LogP contribution < -0.4 is 0 Å². The van der Waals surface area contributed by atoms with Gasteiger partial charge in [-0.1, -0.05) is 31.2 Å². The molecule has 0 unspecified atom stereocenters. The van der Waals surface area contributed by atoms with Gasteiger partial charge in [0.2, 0.25) is 0 Å². The van der Waals surface area contributed by atoms with Crippen molar-refractivity contribution in [3.63, 3.8) is 0 Å². The lowest BCUT2D eigenvalue weighted by atomic mass is 10.00. The Labute approximate surface area is 113 Å². The maximum Gasteiger partial charge on any atom is 0.152 e. The molecule has 0 saturated heterocycles. The SMILES string of the molecule is CCc1ccc([C@@H]2[C@H](S(C)(=O)=O)[C@@]2(C#N)CO)cc1. The van der Waals surface area contributed by atoms with Gasteiger partial charge >= 0.3 is 0 Å². The van der Waals surface area contributed by atoms with Gasteiger partial charge in [0.05, 0.1) is 17.9 Å². The third-order valence-corrected chi connectivity index (χ3v) is 5.55. The van der Waals surface area contributed by atoms with Gasteiger partial charge in [0.15, 0.2) is 9.84 Å². The highest BCUT2D eigenvalue weighted by Gasteiger charge is 2.70. The summed E-state index contributed by atoms with van der Waals surface area (Å²) in [4.78, 5) is 0. The van der Waals surface area contributed by atoms with Crippen molar-refractivity contribution in [2.45, 2.75) is 24.5 Å². The fraction of sp³-hybridized carbons (Fsp3) is 0.500. The van der Waals surface area contributed by atoms with Crippen molar-refractivity contribution in [1.29, 1.82) is 5.26 Å². The zero-order chi connectivity index (χ0) is 14.3. The topological polar surface area (TPSA) is 78.2 Å². The lowest BCUT2D eigenvalue weighted by Crippen LogP contribution is -2.16. The van der Waals surface area contributed by atoms with Gasteiger partial charge in [-0.15, -0.1) is 0 Å². The van der Waals surface area contributed by atoms with Crippen LogP contribution in [0.2, 0.25) is 0 Å². The van der Waals surface area contributed by atoms with E-state index in [4.69, 9.17) is 0 Å². The van der Waals surface area contributed by atoms with Crippen molar-refractivity contribution < 1.29 is 13.5 Å². The molecule has 0 aromatic heterocycles. The Balaban J connectivity index is 2.41. The van der Waals surface area contributed by atoms with E-state index in [1.807, 2.05) is 37.3 Å². The molecule has 0 spiro atoms. The summed E-state index contributed by atoms with van der Waals surface area (Å²) in [6.07, 6.45) is 2.03. The van der Waals surface area contributed by atoms with Crippen LogP contribution in [0.1, 0.15) is 24.0 Å². The highest BCUT2D eigenvalue weighted by atomic mass is 32.2. The summed E-state index contributed by atoms with van der Waals surface area (Å²) in [5.74, 6) is -0.427. The van der Waals surface area contributed by atoms with Crippen LogP contribution in [-0.2, 0) is 16.3 Å². The van der Waals surface area contributed by atoms with Gasteiger partial charge in [-0.25, -0.2) is 8.42 Å². The summed E-state index contributed by atoms with van der Waals surface area (Å²) in [6, 6.07) is 9.60. The standard InChI is InChI=1S/C14H17NO3S/c1-3-10-4-6-11(7-5-10)12-13(19(2,17)18)14(12,8-15)9-16/h4-7,12-13,16H,3,9H2,1-2H3/t12-,13+,14+/m1/s1. The summed E-state index contributed by atoms with van der Waals surface area (Å²) in [6.45, 7) is 1.61. The van der Waals surface area contributed by atoms with Crippen molar-refractivity contribution in [2.24, 2.45) is 5.41 Å². The van der Waals surface area contributed by atoms with Gasteiger partial charge in [0, 0.05) is 12.2 Å². The third-order valence-electron chi connectivity index (χ3n) is 3.93.